The predicted molar refractivity (Wildman–Crippen MR) is 92.2 cm³/mol. The molecule has 0 spiro atoms. The molecule has 134 valence electrons. The molecular weight excluding hydrogens is 310 g/mol. The minimum atomic E-state index is -0.511. The van der Waals surface area contributed by atoms with Crippen molar-refractivity contribution in [3.8, 4) is 11.9 Å². The van der Waals surface area contributed by atoms with Gasteiger partial charge in [-0.2, -0.15) is 4.98 Å². The van der Waals surface area contributed by atoms with Crippen LogP contribution < -0.4 is 14.8 Å². The summed E-state index contributed by atoms with van der Waals surface area (Å²) in [4.78, 5) is 20.0. The van der Waals surface area contributed by atoms with Gasteiger partial charge in [-0.05, 0) is 46.6 Å². The number of alkyl carbamates (subject to hydrolysis) is 1. The topological polar surface area (TPSA) is 82.6 Å². The Morgan fingerprint density at radius 1 is 1.33 bits per heavy atom. The van der Waals surface area contributed by atoms with Gasteiger partial charge >= 0.3 is 12.1 Å². The highest BCUT2D eigenvalue weighted by Crippen LogP contribution is 2.25. The van der Waals surface area contributed by atoms with Crippen LogP contribution in [0, 0.1) is 0 Å². The number of ether oxygens (including phenoxy) is 3. The highest BCUT2D eigenvalue weighted by Gasteiger charge is 2.17. The zero-order chi connectivity index (χ0) is 18.3. The maximum absolute atomic E-state index is 11.7. The lowest BCUT2D eigenvalue weighted by atomic mass is 10.1. The Morgan fingerprint density at radius 3 is 2.54 bits per heavy atom. The Balaban J connectivity index is 2.71. The van der Waals surface area contributed by atoms with E-state index in [2.05, 4.69) is 15.3 Å². The monoisotopic (exact) mass is 337 g/mol. The molecule has 0 aliphatic heterocycles. The average Bonchev–Trinajstić information content (AvgIpc) is 2.49. The van der Waals surface area contributed by atoms with Crippen molar-refractivity contribution in [2.24, 2.45) is 0 Å². The van der Waals surface area contributed by atoms with Gasteiger partial charge in [0.1, 0.15) is 5.60 Å². The van der Waals surface area contributed by atoms with Crippen molar-refractivity contribution >= 4 is 11.7 Å². The zero-order valence-corrected chi connectivity index (χ0v) is 15.5. The molecule has 1 aromatic heterocycles. The van der Waals surface area contributed by atoms with Crippen LogP contribution in [0.1, 0.15) is 46.6 Å². The van der Waals surface area contributed by atoms with E-state index in [9.17, 15) is 4.79 Å². The van der Waals surface area contributed by atoms with Gasteiger partial charge in [0.25, 0.3) is 0 Å². The molecule has 0 aliphatic rings. The van der Waals surface area contributed by atoms with E-state index in [1.807, 2.05) is 40.7 Å². The molecule has 1 atom stereocenters. The van der Waals surface area contributed by atoms with Crippen LogP contribution in [0.4, 0.5) is 4.79 Å². The van der Waals surface area contributed by atoms with E-state index >= 15 is 0 Å². The largest absolute Gasteiger partial charge is 0.480 e. The first-order valence-electron chi connectivity index (χ1n) is 7.78. The number of hydrogen-bond donors (Lipinski definition) is 1. The minimum absolute atomic E-state index is 0.0695. The van der Waals surface area contributed by atoms with Gasteiger partial charge in [0.2, 0.25) is 5.88 Å². The number of allylic oxidation sites excluding steroid dienone is 1. The highest BCUT2D eigenvalue weighted by atomic mass is 16.6. The molecule has 1 aromatic rings. The molecule has 0 aliphatic carbocycles. The maximum Gasteiger partial charge on any atom is 0.407 e. The fourth-order valence-corrected chi connectivity index (χ4v) is 1.91. The third-order valence-electron chi connectivity index (χ3n) is 3.07. The maximum atomic E-state index is 11.7. The molecule has 24 heavy (non-hydrogen) atoms. The van der Waals surface area contributed by atoms with Crippen molar-refractivity contribution in [2.75, 3.05) is 14.2 Å². The molecule has 1 N–H and O–H groups in total. The van der Waals surface area contributed by atoms with Gasteiger partial charge in [0, 0.05) is 12.2 Å². The molecule has 0 saturated heterocycles. The summed E-state index contributed by atoms with van der Waals surface area (Å²) >= 11 is 0. The summed E-state index contributed by atoms with van der Waals surface area (Å²) < 4.78 is 15.5. The van der Waals surface area contributed by atoms with E-state index in [4.69, 9.17) is 14.2 Å². The molecule has 1 unspecified atom stereocenters. The van der Waals surface area contributed by atoms with Gasteiger partial charge in [-0.15, -0.1) is 0 Å². The number of methoxy groups -OCH3 is 2. The molecular formula is C17H27N3O4. The molecule has 0 bridgehead atoms. The summed E-state index contributed by atoms with van der Waals surface area (Å²) in [5, 5.41) is 2.80. The molecule has 1 amide bonds. The van der Waals surface area contributed by atoms with E-state index in [1.54, 1.807) is 13.3 Å². The smallest absolute Gasteiger partial charge is 0.407 e. The summed E-state index contributed by atoms with van der Waals surface area (Å²) in [6.45, 7) is 9.34. The van der Waals surface area contributed by atoms with Crippen LogP contribution >= 0.6 is 0 Å². The zero-order valence-electron chi connectivity index (χ0n) is 15.5. The Morgan fingerprint density at radius 2 is 2.00 bits per heavy atom. The average molecular weight is 337 g/mol. The normalized spacial score (nSPS) is 13.2. The van der Waals surface area contributed by atoms with Crippen molar-refractivity contribution in [1.29, 1.82) is 0 Å². The van der Waals surface area contributed by atoms with Gasteiger partial charge in [0.05, 0.1) is 19.8 Å². The van der Waals surface area contributed by atoms with E-state index in [0.717, 1.165) is 11.1 Å². The number of amides is 1. The molecule has 0 saturated carbocycles. The van der Waals surface area contributed by atoms with Crippen LogP contribution in [0.5, 0.6) is 11.9 Å². The first-order valence-corrected chi connectivity index (χ1v) is 7.78. The lowest BCUT2D eigenvalue weighted by molar-refractivity contribution is 0.0509. The standard InChI is InChI=1S/C17H27N3O4/c1-11(13-10-18-15(23-7)20-14(13)22-6)8-9-12(2)19-16(21)24-17(3,4)5/h8,10,12H,9H2,1-7H3,(H,19,21). The van der Waals surface area contributed by atoms with E-state index in [0.29, 0.717) is 12.3 Å². The van der Waals surface area contributed by atoms with Gasteiger partial charge in [-0.25, -0.2) is 9.78 Å². The third kappa shape index (κ3) is 6.44. The lowest BCUT2D eigenvalue weighted by Gasteiger charge is -2.21. The number of nitrogens with one attached hydrogen (secondary N) is 1. The van der Waals surface area contributed by atoms with Crippen LogP contribution in [0.15, 0.2) is 12.3 Å². The second-order valence-electron chi connectivity index (χ2n) is 6.45. The number of hydrogen-bond acceptors (Lipinski definition) is 6. The Kier molecular flexibility index (Phi) is 7.00. The number of rotatable bonds is 6. The fourth-order valence-electron chi connectivity index (χ4n) is 1.91. The first-order chi connectivity index (χ1) is 11.2. The van der Waals surface area contributed by atoms with Crippen molar-refractivity contribution in [3.63, 3.8) is 0 Å². The van der Waals surface area contributed by atoms with Gasteiger partial charge in [-0.3, -0.25) is 0 Å². The van der Waals surface area contributed by atoms with Crippen LogP contribution in [-0.4, -0.2) is 41.9 Å². The minimum Gasteiger partial charge on any atom is -0.480 e. The number of carbonyl (C=O) groups is 1. The number of nitrogens with zero attached hydrogens (tertiary/aromatic N) is 2. The fraction of sp³-hybridized carbons (Fsp3) is 0.588. The quantitative estimate of drug-likeness (QED) is 0.858. The molecule has 1 rings (SSSR count). The molecule has 0 radical (unpaired) electrons. The summed E-state index contributed by atoms with van der Waals surface area (Å²) in [5.41, 5.74) is 1.22. The third-order valence-corrected chi connectivity index (χ3v) is 3.07. The van der Waals surface area contributed by atoms with Crippen LogP contribution in [-0.2, 0) is 4.74 Å². The number of aromatic nitrogens is 2. The van der Waals surface area contributed by atoms with Gasteiger partial charge in [0.15, 0.2) is 0 Å². The second-order valence-corrected chi connectivity index (χ2v) is 6.45. The van der Waals surface area contributed by atoms with Crippen LogP contribution in [0.3, 0.4) is 0 Å². The van der Waals surface area contributed by atoms with Gasteiger partial charge in [-0.1, -0.05) is 6.08 Å². The van der Waals surface area contributed by atoms with Crippen LogP contribution in [0.25, 0.3) is 5.57 Å². The molecule has 7 heteroatoms. The summed E-state index contributed by atoms with van der Waals surface area (Å²) in [7, 11) is 3.05. The Bertz CT molecular complexity index is 594. The summed E-state index contributed by atoms with van der Waals surface area (Å²) in [6.07, 6.45) is 3.87. The van der Waals surface area contributed by atoms with Crippen molar-refractivity contribution < 1.29 is 19.0 Å². The van der Waals surface area contributed by atoms with Crippen molar-refractivity contribution in [2.45, 2.75) is 52.7 Å². The Labute approximate surface area is 143 Å². The molecule has 0 fully saturated rings. The molecule has 1 heterocycles. The van der Waals surface area contributed by atoms with Crippen molar-refractivity contribution in [3.05, 3.63) is 17.8 Å². The molecule has 0 aromatic carbocycles. The predicted octanol–water partition coefficient (Wildman–Crippen LogP) is 3.20. The van der Waals surface area contributed by atoms with Crippen LogP contribution in [0.2, 0.25) is 0 Å². The first kappa shape index (κ1) is 19.7. The van der Waals surface area contributed by atoms with Crippen molar-refractivity contribution in [1.82, 2.24) is 15.3 Å². The SMILES string of the molecule is COc1ncc(C(C)=CCC(C)NC(=O)OC(C)(C)C)c(OC)n1. The van der Waals surface area contributed by atoms with Gasteiger partial charge < -0.3 is 19.5 Å². The lowest BCUT2D eigenvalue weighted by Crippen LogP contribution is -2.37. The van der Waals surface area contributed by atoms with E-state index < -0.39 is 11.7 Å². The summed E-state index contributed by atoms with van der Waals surface area (Å²) in [5.74, 6) is 0.448. The number of carbonyl (C=O) groups excluding carboxylic acids is 1. The summed E-state index contributed by atoms with van der Waals surface area (Å²) in [6, 6.07) is 0.184. The second kappa shape index (κ2) is 8.52. The molecule has 7 nitrogen and oxygen atoms in total. The van der Waals surface area contributed by atoms with E-state index in [1.165, 1.54) is 7.11 Å². The van der Waals surface area contributed by atoms with E-state index in [-0.39, 0.29) is 12.1 Å². The highest BCUT2D eigenvalue weighted by molar-refractivity contribution is 5.69. The Hall–Kier alpha value is -2.31.